The lowest BCUT2D eigenvalue weighted by Crippen LogP contribution is -2.22. The fraction of sp³-hybridized carbons (Fsp3) is 0.0556. The third kappa shape index (κ3) is 4.13. The average molecular weight is 411 g/mol. The zero-order valence-electron chi connectivity index (χ0n) is 14.3. The van der Waals surface area contributed by atoms with Gasteiger partial charge in [0.1, 0.15) is 5.01 Å². The van der Waals surface area contributed by atoms with Crippen LogP contribution in [-0.4, -0.2) is 27.2 Å². The number of para-hydroxylation sites is 1. The summed E-state index contributed by atoms with van der Waals surface area (Å²) in [5.74, 6) is -0.202. The molecule has 1 aromatic carbocycles. The summed E-state index contributed by atoms with van der Waals surface area (Å²) in [5, 5.41) is 19.7. The number of rotatable bonds is 6. The molecule has 0 aliphatic rings. The maximum Gasteiger partial charge on any atom is 0.286 e. The van der Waals surface area contributed by atoms with Gasteiger partial charge in [0.25, 0.3) is 11.8 Å². The second-order valence-corrected chi connectivity index (χ2v) is 7.57. The van der Waals surface area contributed by atoms with E-state index < -0.39 is 5.91 Å². The molecule has 28 heavy (non-hydrogen) atoms. The van der Waals surface area contributed by atoms with E-state index in [0.717, 1.165) is 16.2 Å². The molecule has 2 amide bonds. The summed E-state index contributed by atoms with van der Waals surface area (Å²) in [6, 6.07) is 14.4. The molecule has 2 N–H and O–H groups in total. The molecule has 0 bridgehead atoms. The molecule has 3 aromatic heterocycles. The van der Waals surface area contributed by atoms with Gasteiger partial charge in [-0.15, -0.1) is 21.5 Å². The topological polar surface area (TPSA) is 110 Å². The van der Waals surface area contributed by atoms with Gasteiger partial charge < -0.3 is 15.2 Å². The molecule has 4 aromatic rings. The summed E-state index contributed by atoms with van der Waals surface area (Å²) in [6.07, 6.45) is 0. The zero-order chi connectivity index (χ0) is 19.3. The quantitative estimate of drug-likeness (QED) is 0.503. The summed E-state index contributed by atoms with van der Waals surface area (Å²) in [5.41, 5.74) is 0.847. The summed E-state index contributed by atoms with van der Waals surface area (Å²) >= 11 is 2.61. The molecule has 0 saturated carbocycles. The van der Waals surface area contributed by atoms with E-state index in [1.165, 1.54) is 11.3 Å². The maximum absolute atomic E-state index is 12.2. The van der Waals surface area contributed by atoms with Crippen molar-refractivity contribution in [3.05, 3.63) is 69.6 Å². The second kappa shape index (κ2) is 8.11. The third-order valence-electron chi connectivity index (χ3n) is 3.60. The number of carbonyl (C=O) groups is 2. The average Bonchev–Trinajstić information content (AvgIpc) is 3.48. The molecule has 3 heterocycles. The van der Waals surface area contributed by atoms with Crippen LogP contribution in [0.1, 0.15) is 25.3 Å². The number of thiophene rings is 1. The molecular formula is C18H13N5O3S2. The first kappa shape index (κ1) is 18.0. The Hall–Kier alpha value is -3.37. The van der Waals surface area contributed by atoms with Crippen LogP contribution in [0.3, 0.4) is 0 Å². The highest BCUT2D eigenvalue weighted by molar-refractivity contribution is 7.13. The van der Waals surface area contributed by atoms with Gasteiger partial charge in [-0.25, -0.2) is 0 Å². The minimum Gasteiger partial charge on any atom is -0.355 e. The molecule has 0 saturated heterocycles. The van der Waals surface area contributed by atoms with Crippen LogP contribution in [-0.2, 0) is 6.54 Å². The molecule has 0 aliphatic heterocycles. The number of nitrogens with zero attached hydrogens (tertiary/aromatic N) is 3. The van der Waals surface area contributed by atoms with Gasteiger partial charge in [-0.3, -0.25) is 9.59 Å². The lowest BCUT2D eigenvalue weighted by molar-refractivity contribution is 0.0941. The molecule has 4 rings (SSSR count). The zero-order valence-corrected chi connectivity index (χ0v) is 15.9. The highest BCUT2D eigenvalue weighted by Crippen LogP contribution is 2.25. The van der Waals surface area contributed by atoms with Crippen molar-refractivity contribution >= 4 is 40.2 Å². The molecular weight excluding hydrogens is 398 g/mol. The highest BCUT2D eigenvalue weighted by atomic mass is 32.1. The number of nitrogens with one attached hydrogen (secondary N) is 2. The Balaban J connectivity index is 1.34. The van der Waals surface area contributed by atoms with Crippen LogP contribution in [0.25, 0.3) is 10.6 Å². The van der Waals surface area contributed by atoms with Gasteiger partial charge in [0.2, 0.25) is 5.01 Å². The smallest absolute Gasteiger partial charge is 0.286 e. The first-order valence-electron chi connectivity index (χ1n) is 8.16. The summed E-state index contributed by atoms with van der Waals surface area (Å²) in [7, 11) is 0. The first-order chi connectivity index (χ1) is 13.7. The molecule has 140 valence electrons. The van der Waals surface area contributed by atoms with Crippen LogP contribution in [0.2, 0.25) is 0 Å². The van der Waals surface area contributed by atoms with E-state index in [4.69, 9.17) is 4.52 Å². The number of benzene rings is 1. The van der Waals surface area contributed by atoms with Gasteiger partial charge in [-0.05, 0) is 23.6 Å². The number of anilines is 1. The SMILES string of the molecule is O=C(NCc1nnc(C(=O)Nc2ccccc2)s1)c1cc(-c2cccs2)on1. The Kier molecular flexibility index (Phi) is 5.22. The number of hydrogen-bond acceptors (Lipinski definition) is 8. The van der Waals surface area contributed by atoms with Crippen molar-refractivity contribution in [2.75, 3.05) is 5.32 Å². The number of hydrogen-bond donors (Lipinski definition) is 2. The highest BCUT2D eigenvalue weighted by Gasteiger charge is 2.16. The standard InChI is InChI=1S/C18H13N5O3S2/c24-16(12-9-13(26-23-12)14-7-4-8-27-14)19-10-15-21-22-18(28-15)17(25)20-11-5-2-1-3-6-11/h1-9H,10H2,(H,19,24)(H,20,25). The van der Waals surface area contributed by atoms with Gasteiger partial charge in [0, 0.05) is 11.8 Å². The van der Waals surface area contributed by atoms with E-state index in [-0.39, 0.29) is 23.2 Å². The van der Waals surface area contributed by atoms with E-state index in [9.17, 15) is 9.59 Å². The van der Waals surface area contributed by atoms with Crippen LogP contribution < -0.4 is 10.6 Å². The van der Waals surface area contributed by atoms with E-state index in [1.54, 1.807) is 18.2 Å². The van der Waals surface area contributed by atoms with Crippen molar-refractivity contribution in [1.82, 2.24) is 20.7 Å². The third-order valence-corrected chi connectivity index (χ3v) is 5.41. The Morgan fingerprint density at radius 1 is 1.04 bits per heavy atom. The van der Waals surface area contributed by atoms with Crippen molar-refractivity contribution in [2.45, 2.75) is 6.54 Å². The van der Waals surface area contributed by atoms with Crippen molar-refractivity contribution < 1.29 is 14.1 Å². The molecule has 0 radical (unpaired) electrons. The first-order valence-corrected chi connectivity index (χ1v) is 9.86. The van der Waals surface area contributed by atoms with Gasteiger partial charge in [-0.2, -0.15) is 0 Å². The summed E-state index contributed by atoms with van der Waals surface area (Å²) in [6.45, 7) is 0.135. The lowest BCUT2D eigenvalue weighted by atomic mass is 10.3. The van der Waals surface area contributed by atoms with Crippen LogP contribution in [0, 0.1) is 0 Å². The van der Waals surface area contributed by atoms with Crippen LogP contribution in [0.5, 0.6) is 0 Å². The molecule has 0 atom stereocenters. The minimum absolute atomic E-state index is 0.135. The Morgan fingerprint density at radius 3 is 2.68 bits per heavy atom. The normalized spacial score (nSPS) is 10.6. The summed E-state index contributed by atoms with van der Waals surface area (Å²) in [4.78, 5) is 25.3. The number of amides is 2. The molecule has 8 nitrogen and oxygen atoms in total. The number of carbonyl (C=O) groups excluding carboxylic acids is 2. The van der Waals surface area contributed by atoms with E-state index in [1.807, 2.05) is 35.7 Å². The van der Waals surface area contributed by atoms with E-state index in [0.29, 0.717) is 16.5 Å². The fourth-order valence-corrected chi connectivity index (χ4v) is 3.63. The molecule has 0 unspecified atom stereocenters. The van der Waals surface area contributed by atoms with Crippen molar-refractivity contribution in [1.29, 1.82) is 0 Å². The largest absolute Gasteiger partial charge is 0.355 e. The lowest BCUT2D eigenvalue weighted by Gasteiger charge is -2.01. The van der Waals surface area contributed by atoms with E-state index >= 15 is 0 Å². The fourth-order valence-electron chi connectivity index (χ4n) is 2.29. The molecule has 10 heteroatoms. The minimum atomic E-state index is -0.392. The van der Waals surface area contributed by atoms with Gasteiger partial charge in [0.05, 0.1) is 11.4 Å². The predicted octanol–water partition coefficient (Wildman–Crippen LogP) is 3.44. The van der Waals surface area contributed by atoms with Crippen LogP contribution in [0.4, 0.5) is 5.69 Å². The second-order valence-electron chi connectivity index (χ2n) is 5.56. The monoisotopic (exact) mass is 411 g/mol. The summed E-state index contributed by atoms with van der Waals surface area (Å²) < 4.78 is 5.20. The maximum atomic E-state index is 12.2. The van der Waals surface area contributed by atoms with Gasteiger partial charge >= 0.3 is 0 Å². The Morgan fingerprint density at radius 2 is 1.89 bits per heavy atom. The van der Waals surface area contributed by atoms with Crippen molar-refractivity contribution in [2.24, 2.45) is 0 Å². The van der Waals surface area contributed by atoms with Crippen molar-refractivity contribution in [3.8, 4) is 10.6 Å². The van der Waals surface area contributed by atoms with E-state index in [2.05, 4.69) is 26.0 Å². The molecule has 0 fully saturated rings. The van der Waals surface area contributed by atoms with Gasteiger partial charge in [-0.1, -0.05) is 40.8 Å². The molecule has 0 aliphatic carbocycles. The van der Waals surface area contributed by atoms with Gasteiger partial charge in [0.15, 0.2) is 11.5 Å². The number of aromatic nitrogens is 3. The predicted molar refractivity (Wildman–Crippen MR) is 105 cm³/mol. The van der Waals surface area contributed by atoms with Crippen LogP contribution >= 0.6 is 22.7 Å². The van der Waals surface area contributed by atoms with Crippen LogP contribution in [0.15, 0.2) is 58.4 Å². The van der Waals surface area contributed by atoms with Crippen molar-refractivity contribution in [3.63, 3.8) is 0 Å². The Labute approximate surface area is 167 Å². The Bertz CT molecular complexity index is 1090. The molecule has 0 spiro atoms.